The quantitative estimate of drug-likeness (QED) is 0.350. The van der Waals surface area contributed by atoms with Crippen LogP contribution in [0.1, 0.15) is 17.5 Å². The average Bonchev–Trinajstić information content (AvgIpc) is 2.28. The molecule has 0 saturated heterocycles. The van der Waals surface area contributed by atoms with Gasteiger partial charge in [-0.2, -0.15) is 0 Å². The molecular weight excluding hydrogens is 258 g/mol. The standard InChI is InChI=1S/C11H12ClN3O3/c12-8-5-6(1-2-7(8)9(13)14)11(15,3-4-16)10(17)18/h1-2,4-5H,3,15H2,(H3,13,14)(H,17,18). The number of nitrogen functional groups attached to an aromatic ring is 1. The first-order valence-electron chi connectivity index (χ1n) is 4.93. The molecule has 1 atom stereocenters. The lowest BCUT2D eigenvalue weighted by Crippen LogP contribution is -2.45. The Morgan fingerprint density at radius 2 is 2.17 bits per heavy atom. The molecule has 1 unspecified atom stereocenters. The molecule has 0 radical (unpaired) electrons. The van der Waals surface area contributed by atoms with Crippen LogP contribution < -0.4 is 11.5 Å². The Morgan fingerprint density at radius 1 is 1.56 bits per heavy atom. The van der Waals surface area contributed by atoms with Gasteiger partial charge in [-0.1, -0.05) is 17.7 Å². The van der Waals surface area contributed by atoms with E-state index in [2.05, 4.69) is 0 Å². The van der Waals surface area contributed by atoms with Gasteiger partial charge in [0.15, 0.2) is 0 Å². The fraction of sp³-hybridized carbons (Fsp3) is 0.182. The minimum absolute atomic E-state index is 0.113. The van der Waals surface area contributed by atoms with E-state index in [1.165, 1.54) is 18.2 Å². The summed E-state index contributed by atoms with van der Waals surface area (Å²) in [6.07, 6.45) is 0.0546. The summed E-state index contributed by atoms with van der Waals surface area (Å²) in [4.78, 5) is 21.7. The van der Waals surface area contributed by atoms with Crippen molar-refractivity contribution in [3.05, 3.63) is 34.3 Å². The molecule has 0 aliphatic heterocycles. The van der Waals surface area contributed by atoms with Gasteiger partial charge in [-0.25, -0.2) is 4.79 Å². The molecule has 1 rings (SSSR count). The summed E-state index contributed by atoms with van der Waals surface area (Å²) in [5, 5.41) is 16.5. The Morgan fingerprint density at radius 3 is 2.56 bits per heavy atom. The van der Waals surface area contributed by atoms with Crippen molar-refractivity contribution in [1.82, 2.24) is 0 Å². The molecule has 0 spiro atoms. The first-order valence-corrected chi connectivity index (χ1v) is 5.31. The van der Waals surface area contributed by atoms with E-state index in [9.17, 15) is 9.59 Å². The second-order valence-corrected chi connectivity index (χ2v) is 4.16. The predicted molar refractivity (Wildman–Crippen MR) is 66.7 cm³/mol. The SMILES string of the molecule is N=C(N)c1ccc(C(N)(CC=O)C(=O)O)cc1Cl. The van der Waals surface area contributed by atoms with Gasteiger partial charge in [-0.3, -0.25) is 5.41 Å². The number of carbonyl (C=O) groups excluding carboxylic acids is 1. The zero-order chi connectivity index (χ0) is 13.9. The number of nitrogens with two attached hydrogens (primary N) is 2. The lowest BCUT2D eigenvalue weighted by atomic mass is 9.87. The molecule has 0 bridgehead atoms. The number of aldehydes is 1. The van der Waals surface area contributed by atoms with E-state index in [4.69, 9.17) is 33.6 Å². The fourth-order valence-corrected chi connectivity index (χ4v) is 1.75. The molecule has 0 aromatic heterocycles. The molecule has 0 heterocycles. The monoisotopic (exact) mass is 269 g/mol. The van der Waals surface area contributed by atoms with E-state index in [1.54, 1.807) is 0 Å². The van der Waals surface area contributed by atoms with Gasteiger partial charge < -0.3 is 21.4 Å². The largest absolute Gasteiger partial charge is 0.480 e. The molecule has 7 heteroatoms. The van der Waals surface area contributed by atoms with Crippen molar-refractivity contribution in [3.63, 3.8) is 0 Å². The van der Waals surface area contributed by atoms with Crippen LogP contribution in [-0.2, 0) is 15.1 Å². The molecule has 1 aromatic carbocycles. The molecule has 6 N–H and O–H groups in total. The van der Waals surface area contributed by atoms with E-state index >= 15 is 0 Å². The van der Waals surface area contributed by atoms with Crippen LogP contribution in [0, 0.1) is 5.41 Å². The molecular formula is C11H12ClN3O3. The van der Waals surface area contributed by atoms with E-state index in [1.807, 2.05) is 0 Å². The summed E-state index contributed by atoms with van der Waals surface area (Å²) >= 11 is 5.88. The van der Waals surface area contributed by atoms with Crippen LogP contribution in [0.3, 0.4) is 0 Å². The minimum atomic E-state index is -1.83. The lowest BCUT2D eigenvalue weighted by molar-refractivity contribution is -0.144. The predicted octanol–water partition coefficient (Wildman–Crippen LogP) is 0.452. The summed E-state index contributed by atoms with van der Waals surface area (Å²) in [6.45, 7) is 0. The van der Waals surface area contributed by atoms with Crippen LogP contribution in [0.5, 0.6) is 0 Å². The number of benzene rings is 1. The summed E-state index contributed by atoms with van der Waals surface area (Å²) in [6, 6.07) is 4.09. The Labute approximate surface area is 108 Å². The molecule has 0 saturated carbocycles. The third-order valence-electron chi connectivity index (χ3n) is 2.56. The first-order chi connectivity index (χ1) is 8.32. The summed E-state index contributed by atoms with van der Waals surface area (Å²) in [7, 11) is 0. The van der Waals surface area contributed by atoms with Gasteiger partial charge in [0.2, 0.25) is 0 Å². The number of hydrogen-bond acceptors (Lipinski definition) is 4. The van der Waals surface area contributed by atoms with Gasteiger partial charge in [0.05, 0.1) is 5.02 Å². The summed E-state index contributed by atoms with van der Waals surface area (Å²) < 4.78 is 0. The number of carbonyl (C=O) groups is 2. The van der Waals surface area contributed by atoms with Crippen LogP contribution in [0.15, 0.2) is 18.2 Å². The van der Waals surface area contributed by atoms with Crippen molar-refractivity contribution < 1.29 is 14.7 Å². The van der Waals surface area contributed by atoms with E-state index in [-0.39, 0.29) is 28.4 Å². The molecule has 18 heavy (non-hydrogen) atoms. The van der Waals surface area contributed by atoms with Crippen molar-refractivity contribution >= 4 is 29.7 Å². The zero-order valence-electron chi connectivity index (χ0n) is 9.31. The molecule has 6 nitrogen and oxygen atoms in total. The Bertz CT molecular complexity index is 518. The number of aliphatic carboxylic acids is 1. The number of amidine groups is 1. The van der Waals surface area contributed by atoms with Gasteiger partial charge in [0.25, 0.3) is 0 Å². The van der Waals surface area contributed by atoms with E-state index < -0.39 is 11.5 Å². The third-order valence-corrected chi connectivity index (χ3v) is 2.87. The van der Waals surface area contributed by atoms with Crippen LogP contribution in [0.4, 0.5) is 0 Å². The molecule has 0 fully saturated rings. The fourth-order valence-electron chi connectivity index (χ4n) is 1.47. The maximum atomic E-state index is 11.1. The minimum Gasteiger partial charge on any atom is -0.480 e. The molecule has 1 aromatic rings. The Balaban J connectivity index is 3.32. The number of hydrogen-bond donors (Lipinski definition) is 4. The van der Waals surface area contributed by atoms with E-state index in [0.717, 1.165) is 0 Å². The van der Waals surface area contributed by atoms with Crippen LogP contribution in [0.2, 0.25) is 5.02 Å². The molecule has 0 aliphatic carbocycles. The van der Waals surface area contributed by atoms with Gasteiger partial charge in [0.1, 0.15) is 17.7 Å². The second-order valence-electron chi connectivity index (χ2n) is 3.76. The lowest BCUT2D eigenvalue weighted by Gasteiger charge is -2.23. The Hall–Kier alpha value is -1.92. The average molecular weight is 270 g/mol. The number of carboxylic acid groups (broad SMARTS) is 1. The van der Waals surface area contributed by atoms with Crippen molar-refractivity contribution in [2.75, 3.05) is 0 Å². The van der Waals surface area contributed by atoms with Crippen molar-refractivity contribution in [2.24, 2.45) is 11.5 Å². The Kier molecular flexibility index (Phi) is 4.05. The normalized spacial score (nSPS) is 13.7. The first kappa shape index (κ1) is 14.1. The van der Waals surface area contributed by atoms with Crippen molar-refractivity contribution in [2.45, 2.75) is 12.0 Å². The molecule has 0 amide bonds. The van der Waals surface area contributed by atoms with Gasteiger partial charge in [0, 0.05) is 12.0 Å². The number of carboxylic acids is 1. The molecule has 0 aliphatic rings. The highest BCUT2D eigenvalue weighted by molar-refractivity contribution is 6.34. The second kappa shape index (κ2) is 5.16. The number of rotatable bonds is 5. The highest BCUT2D eigenvalue weighted by atomic mass is 35.5. The van der Waals surface area contributed by atoms with Crippen LogP contribution in [-0.4, -0.2) is 23.2 Å². The van der Waals surface area contributed by atoms with Gasteiger partial charge >= 0.3 is 5.97 Å². The smallest absolute Gasteiger partial charge is 0.328 e. The van der Waals surface area contributed by atoms with Crippen LogP contribution >= 0.6 is 11.6 Å². The molecule has 96 valence electrons. The highest BCUT2D eigenvalue weighted by Gasteiger charge is 2.36. The summed E-state index contributed by atoms with van der Waals surface area (Å²) in [5.41, 5.74) is 9.60. The maximum absolute atomic E-state index is 11.1. The number of nitrogens with one attached hydrogen (secondary N) is 1. The van der Waals surface area contributed by atoms with Gasteiger partial charge in [-0.05, 0) is 17.7 Å². The highest BCUT2D eigenvalue weighted by Crippen LogP contribution is 2.26. The summed E-state index contributed by atoms with van der Waals surface area (Å²) in [5.74, 6) is -1.57. The van der Waals surface area contributed by atoms with Crippen molar-refractivity contribution in [3.8, 4) is 0 Å². The third kappa shape index (κ3) is 2.49. The maximum Gasteiger partial charge on any atom is 0.328 e. The number of halogens is 1. The topological polar surface area (TPSA) is 130 Å². The van der Waals surface area contributed by atoms with Crippen molar-refractivity contribution in [1.29, 1.82) is 5.41 Å². The van der Waals surface area contributed by atoms with E-state index in [0.29, 0.717) is 6.29 Å². The zero-order valence-corrected chi connectivity index (χ0v) is 10.1. The van der Waals surface area contributed by atoms with Gasteiger partial charge in [-0.15, -0.1) is 0 Å². The van der Waals surface area contributed by atoms with Crippen LogP contribution in [0.25, 0.3) is 0 Å².